The number of benzene rings is 1. The molecule has 0 saturated carbocycles. The number of hydrogen-bond acceptors (Lipinski definition) is 6. The highest BCUT2D eigenvalue weighted by Gasteiger charge is 2.25. The minimum atomic E-state index is -0.215. The maximum atomic E-state index is 11.9. The topological polar surface area (TPSA) is 65.4 Å². The van der Waals surface area contributed by atoms with Crippen LogP contribution in [0.3, 0.4) is 0 Å². The third kappa shape index (κ3) is 3.89. The number of thiazole rings is 1. The number of ether oxygens (including phenoxy) is 1. The first-order valence-electron chi connectivity index (χ1n) is 8.95. The first kappa shape index (κ1) is 17.8. The summed E-state index contributed by atoms with van der Waals surface area (Å²) in [5.41, 5.74) is 4.71. The fourth-order valence-corrected chi connectivity index (χ4v) is 3.82. The van der Waals surface area contributed by atoms with E-state index in [4.69, 9.17) is 9.57 Å². The molecule has 0 bridgehead atoms. The third-order valence-corrected chi connectivity index (χ3v) is 5.23. The highest BCUT2D eigenvalue weighted by molar-refractivity contribution is 7.18. The molecule has 140 valence electrons. The monoisotopic (exact) mass is 383 g/mol. The van der Waals surface area contributed by atoms with Crippen LogP contribution in [0, 0.1) is 0 Å². The summed E-state index contributed by atoms with van der Waals surface area (Å²) in [6, 6.07) is 11.7. The van der Waals surface area contributed by atoms with Crippen molar-refractivity contribution in [1.82, 2.24) is 9.55 Å². The Morgan fingerprint density at radius 3 is 2.85 bits per heavy atom. The summed E-state index contributed by atoms with van der Waals surface area (Å²) >= 11 is 1.51. The van der Waals surface area contributed by atoms with Gasteiger partial charge in [-0.25, -0.2) is 15.3 Å². The van der Waals surface area contributed by atoms with Gasteiger partial charge in [-0.15, -0.1) is 0 Å². The van der Waals surface area contributed by atoms with Gasteiger partial charge < -0.3 is 9.30 Å². The van der Waals surface area contributed by atoms with Gasteiger partial charge >= 0.3 is 0 Å². The molecule has 0 saturated heterocycles. The average Bonchev–Trinajstić information content (AvgIpc) is 3.31. The summed E-state index contributed by atoms with van der Waals surface area (Å²) in [7, 11) is 0. The standard InChI is InChI=1S/C20H21N3O3S/c1-13(2)25-15-7-5-14(6-8-15)18-12-21-20(27-18)22-26-19-10-9-17(24)16-4-3-11-23(16)19/h3-8,11-13,19H,9-10H2,1-2H3,(H,21,22)/t19-/m0/s1. The van der Waals surface area contributed by atoms with E-state index in [2.05, 4.69) is 10.5 Å². The largest absolute Gasteiger partial charge is 0.491 e. The zero-order valence-electron chi connectivity index (χ0n) is 15.2. The molecule has 1 N–H and O–H groups in total. The van der Waals surface area contributed by atoms with E-state index in [9.17, 15) is 4.79 Å². The number of carbonyl (C=O) groups is 1. The normalized spacial score (nSPS) is 16.4. The number of nitrogens with zero attached hydrogens (tertiary/aromatic N) is 2. The molecule has 3 aromatic rings. The van der Waals surface area contributed by atoms with Crippen LogP contribution in [0.25, 0.3) is 10.4 Å². The smallest absolute Gasteiger partial charge is 0.207 e. The van der Waals surface area contributed by atoms with E-state index in [0.29, 0.717) is 23.7 Å². The molecule has 6 nitrogen and oxygen atoms in total. The van der Waals surface area contributed by atoms with Crippen molar-refractivity contribution in [2.24, 2.45) is 0 Å². The molecule has 3 heterocycles. The Balaban J connectivity index is 1.40. The fourth-order valence-electron chi connectivity index (χ4n) is 3.06. The number of carbonyl (C=O) groups excluding carboxylic acids is 1. The van der Waals surface area contributed by atoms with Crippen LogP contribution in [-0.4, -0.2) is 21.4 Å². The lowest BCUT2D eigenvalue weighted by Gasteiger charge is -2.24. The summed E-state index contributed by atoms with van der Waals surface area (Å²) < 4.78 is 7.54. The van der Waals surface area contributed by atoms with Crippen LogP contribution >= 0.6 is 11.3 Å². The van der Waals surface area contributed by atoms with Gasteiger partial charge in [-0.05, 0) is 55.8 Å². The number of ketones is 1. The highest BCUT2D eigenvalue weighted by atomic mass is 32.1. The molecule has 27 heavy (non-hydrogen) atoms. The van der Waals surface area contributed by atoms with Gasteiger partial charge in [-0.3, -0.25) is 4.79 Å². The molecule has 2 aromatic heterocycles. The van der Waals surface area contributed by atoms with Gasteiger partial charge in [0.25, 0.3) is 0 Å². The summed E-state index contributed by atoms with van der Waals surface area (Å²) in [6.45, 7) is 4.02. The molecule has 1 atom stereocenters. The van der Waals surface area contributed by atoms with Crippen molar-refractivity contribution < 1.29 is 14.4 Å². The zero-order valence-corrected chi connectivity index (χ0v) is 16.0. The van der Waals surface area contributed by atoms with Crippen LogP contribution in [0.2, 0.25) is 0 Å². The Hall–Kier alpha value is -2.64. The second-order valence-corrected chi connectivity index (χ2v) is 7.69. The first-order valence-corrected chi connectivity index (χ1v) is 9.76. The minimum Gasteiger partial charge on any atom is -0.491 e. The molecule has 7 heteroatoms. The van der Waals surface area contributed by atoms with E-state index in [1.807, 2.05) is 67.2 Å². The van der Waals surface area contributed by atoms with Crippen LogP contribution in [0.5, 0.6) is 5.75 Å². The van der Waals surface area contributed by atoms with E-state index < -0.39 is 0 Å². The molecular formula is C20H21N3O3S. The molecular weight excluding hydrogens is 362 g/mol. The Morgan fingerprint density at radius 1 is 1.26 bits per heavy atom. The van der Waals surface area contributed by atoms with Crippen molar-refractivity contribution in [3.8, 4) is 16.2 Å². The Morgan fingerprint density at radius 2 is 2.07 bits per heavy atom. The quantitative estimate of drug-likeness (QED) is 0.612. The molecule has 0 amide bonds. The Bertz CT molecular complexity index is 930. The lowest BCUT2D eigenvalue weighted by Crippen LogP contribution is -2.25. The second-order valence-electron chi connectivity index (χ2n) is 6.66. The average molecular weight is 383 g/mol. The van der Waals surface area contributed by atoms with Gasteiger partial charge in [0.2, 0.25) is 5.13 Å². The van der Waals surface area contributed by atoms with Gasteiger partial charge in [0.15, 0.2) is 12.0 Å². The van der Waals surface area contributed by atoms with E-state index in [1.165, 1.54) is 11.3 Å². The number of hydrogen-bond donors (Lipinski definition) is 1. The SMILES string of the molecule is CC(C)Oc1ccc(-c2cnc(NO[C@H]3CCC(=O)c4cccn43)s2)cc1. The van der Waals surface area contributed by atoms with Gasteiger partial charge in [-0.1, -0.05) is 11.3 Å². The maximum absolute atomic E-state index is 11.9. The Kier molecular flexibility index (Phi) is 4.96. The van der Waals surface area contributed by atoms with Gasteiger partial charge in [0.05, 0.1) is 16.7 Å². The minimum absolute atomic E-state index is 0.154. The van der Waals surface area contributed by atoms with E-state index in [1.54, 1.807) is 0 Å². The first-order chi connectivity index (χ1) is 13.1. The van der Waals surface area contributed by atoms with Crippen molar-refractivity contribution in [3.63, 3.8) is 0 Å². The molecule has 0 unspecified atom stereocenters. The van der Waals surface area contributed by atoms with Gasteiger partial charge in [-0.2, -0.15) is 0 Å². The van der Waals surface area contributed by atoms with Crippen molar-refractivity contribution in [3.05, 3.63) is 54.5 Å². The highest BCUT2D eigenvalue weighted by Crippen LogP contribution is 2.32. The summed E-state index contributed by atoms with van der Waals surface area (Å²) in [6.07, 6.45) is 4.76. The van der Waals surface area contributed by atoms with E-state index in [-0.39, 0.29) is 18.1 Å². The lowest BCUT2D eigenvalue weighted by atomic mass is 10.1. The summed E-state index contributed by atoms with van der Waals surface area (Å²) in [5.74, 6) is 1.01. The van der Waals surface area contributed by atoms with Crippen molar-refractivity contribution >= 4 is 22.3 Å². The maximum Gasteiger partial charge on any atom is 0.207 e. The van der Waals surface area contributed by atoms with Gasteiger partial charge in [0.1, 0.15) is 5.75 Å². The molecule has 0 aliphatic carbocycles. The number of Topliss-reactive ketones (excluding diaryl/α,β-unsaturated/α-hetero) is 1. The van der Waals surface area contributed by atoms with Crippen LogP contribution in [0.1, 0.15) is 43.4 Å². The lowest BCUT2D eigenvalue weighted by molar-refractivity contribution is 0.0234. The summed E-state index contributed by atoms with van der Waals surface area (Å²) in [5, 5.41) is 0.679. The predicted octanol–water partition coefficient (Wildman–Crippen LogP) is 4.92. The van der Waals surface area contributed by atoms with Crippen molar-refractivity contribution in [2.75, 3.05) is 5.48 Å². The number of fused-ring (bicyclic) bond motifs is 1. The van der Waals surface area contributed by atoms with E-state index >= 15 is 0 Å². The van der Waals surface area contributed by atoms with E-state index in [0.717, 1.165) is 16.2 Å². The summed E-state index contributed by atoms with van der Waals surface area (Å²) in [4.78, 5) is 23.1. The van der Waals surface area contributed by atoms with Crippen molar-refractivity contribution in [2.45, 2.75) is 39.0 Å². The van der Waals surface area contributed by atoms with Crippen LogP contribution < -0.4 is 10.2 Å². The van der Waals surface area contributed by atoms with Crippen molar-refractivity contribution in [1.29, 1.82) is 0 Å². The number of nitrogens with one attached hydrogen (secondary N) is 1. The molecule has 1 aromatic carbocycles. The number of anilines is 1. The molecule has 1 aliphatic rings. The molecule has 4 rings (SSSR count). The number of aromatic nitrogens is 2. The molecule has 0 spiro atoms. The second kappa shape index (κ2) is 7.54. The van der Waals surface area contributed by atoms with Crippen LogP contribution in [-0.2, 0) is 4.84 Å². The number of rotatable bonds is 6. The molecule has 0 fully saturated rings. The van der Waals surface area contributed by atoms with Crippen LogP contribution in [0.4, 0.5) is 5.13 Å². The fraction of sp³-hybridized carbons (Fsp3) is 0.300. The third-order valence-electron chi connectivity index (χ3n) is 4.29. The molecule has 0 radical (unpaired) electrons. The molecule has 1 aliphatic heterocycles. The zero-order chi connectivity index (χ0) is 18.8. The van der Waals surface area contributed by atoms with Crippen LogP contribution in [0.15, 0.2) is 48.8 Å². The predicted molar refractivity (Wildman–Crippen MR) is 105 cm³/mol. The Labute approximate surface area is 161 Å². The van der Waals surface area contributed by atoms with Gasteiger partial charge in [0, 0.05) is 25.2 Å².